The van der Waals surface area contributed by atoms with Crippen LogP contribution in [0.25, 0.3) is 10.8 Å². The largest absolute Gasteiger partial charge is 0.377 e. The smallest absolute Gasteiger partial charge is 0.0824 e. The molecule has 0 fully saturated rings. The van der Waals surface area contributed by atoms with Gasteiger partial charge in [-0.05, 0) is 28.8 Å². The molecule has 1 atom stereocenters. The molecule has 2 aromatic carbocycles. The van der Waals surface area contributed by atoms with Crippen molar-refractivity contribution in [3.63, 3.8) is 0 Å². The average Bonchev–Trinajstić information content (AvgIpc) is 2.34. The molecule has 0 saturated carbocycles. The second-order valence-electron chi connectivity index (χ2n) is 3.81. The molecule has 2 heteroatoms. The normalized spacial score (nSPS) is 12.9. The fraction of sp³-hybridized carbons (Fsp3) is 0.286. The quantitative estimate of drug-likeness (QED) is 0.791. The Bertz CT molecular complexity index is 489. The second kappa shape index (κ2) is 4.98. The first-order chi connectivity index (χ1) is 7.77. The van der Waals surface area contributed by atoms with Gasteiger partial charge in [0.25, 0.3) is 0 Å². The standard InChI is InChI=1S/C14H15BrO/c1-3-14(16-2)12-8-9-13(15)11-7-5-4-6-10(11)12/h4-9,14H,3H2,1-2H3. The highest BCUT2D eigenvalue weighted by Gasteiger charge is 2.12. The Hall–Kier alpha value is -0.860. The van der Waals surface area contributed by atoms with Gasteiger partial charge in [0.2, 0.25) is 0 Å². The van der Waals surface area contributed by atoms with Crippen molar-refractivity contribution in [2.24, 2.45) is 0 Å². The van der Waals surface area contributed by atoms with Crippen molar-refractivity contribution in [1.29, 1.82) is 0 Å². The van der Waals surface area contributed by atoms with Gasteiger partial charge in [-0.1, -0.05) is 53.2 Å². The molecule has 0 N–H and O–H groups in total. The zero-order valence-electron chi connectivity index (χ0n) is 9.53. The Kier molecular flexibility index (Phi) is 3.62. The Morgan fingerprint density at radius 2 is 1.81 bits per heavy atom. The van der Waals surface area contributed by atoms with Crippen molar-refractivity contribution in [1.82, 2.24) is 0 Å². The summed E-state index contributed by atoms with van der Waals surface area (Å²) in [5.41, 5.74) is 1.27. The van der Waals surface area contributed by atoms with Gasteiger partial charge < -0.3 is 4.74 Å². The zero-order chi connectivity index (χ0) is 11.5. The van der Waals surface area contributed by atoms with Crippen LogP contribution in [0.2, 0.25) is 0 Å². The van der Waals surface area contributed by atoms with Gasteiger partial charge in [0.05, 0.1) is 6.10 Å². The fourth-order valence-corrected chi connectivity index (χ4v) is 2.56. The van der Waals surface area contributed by atoms with E-state index in [-0.39, 0.29) is 6.10 Å². The van der Waals surface area contributed by atoms with E-state index < -0.39 is 0 Å². The minimum atomic E-state index is 0.179. The Morgan fingerprint density at radius 3 is 2.44 bits per heavy atom. The van der Waals surface area contributed by atoms with Crippen LogP contribution in [0.3, 0.4) is 0 Å². The lowest BCUT2D eigenvalue weighted by Crippen LogP contribution is -2.00. The van der Waals surface area contributed by atoms with Crippen LogP contribution in [-0.4, -0.2) is 7.11 Å². The van der Waals surface area contributed by atoms with Crippen molar-refractivity contribution in [3.05, 3.63) is 46.4 Å². The molecule has 0 spiro atoms. The summed E-state index contributed by atoms with van der Waals surface area (Å²) < 4.78 is 6.66. The molecule has 0 aliphatic rings. The van der Waals surface area contributed by atoms with E-state index in [1.165, 1.54) is 16.3 Å². The van der Waals surface area contributed by atoms with Crippen molar-refractivity contribution in [2.45, 2.75) is 19.4 Å². The summed E-state index contributed by atoms with van der Waals surface area (Å²) in [4.78, 5) is 0. The predicted molar refractivity (Wildman–Crippen MR) is 71.7 cm³/mol. The van der Waals surface area contributed by atoms with Gasteiger partial charge >= 0.3 is 0 Å². The number of halogens is 1. The number of methoxy groups -OCH3 is 1. The minimum Gasteiger partial charge on any atom is -0.377 e. The second-order valence-corrected chi connectivity index (χ2v) is 4.67. The minimum absolute atomic E-state index is 0.179. The highest BCUT2D eigenvalue weighted by molar-refractivity contribution is 9.10. The van der Waals surface area contributed by atoms with E-state index in [1.807, 2.05) is 0 Å². The number of hydrogen-bond donors (Lipinski definition) is 0. The predicted octanol–water partition coefficient (Wildman–Crippen LogP) is 4.70. The molecule has 2 aromatic rings. The molecule has 84 valence electrons. The van der Waals surface area contributed by atoms with Crippen LogP contribution in [0.1, 0.15) is 25.0 Å². The van der Waals surface area contributed by atoms with E-state index in [0.717, 1.165) is 10.9 Å². The highest BCUT2D eigenvalue weighted by atomic mass is 79.9. The van der Waals surface area contributed by atoms with E-state index in [9.17, 15) is 0 Å². The van der Waals surface area contributed by atoms with Gasteiger partial charge in [0.15, 0.2) is 0 Å². The lowest BCUT2D eigenvalue weighted by Gasteiger charge is -2.16. The summed E-state index contributed by atoms with van der Waals surface area (Å²) in [6.45, 7) is 2.14. The van der Waals surface area contributed by atoms with E-state index >= 15 is 0 Å². The molecule has 2 rings (SSSR count). The Balaban J connectivity index is 2.66. The molecule has 0 heterocycles. The summed E-state index contributed by atoms with van der Waals surface area (Å²) in [5.74, 6) is 0. The molecular weight excluding hydrogens is 264 g/mol. The maximum Gasteiger partial charge on any atom is 0.0824 e. The zero-order valence-corrected chi connectivity index (χ0v) is 11.1. The molecule has 0 amide bonds. The monoisotopic (exact) mass is 278 g/mol. The molecule has 0 aromatic heterocycles. The maximum atomic E-state index is 5.52. The van der Waals surface area contributed by atoms with Gasteiger partial charge in [0, 0.05) is 11.6 Å². The molecule has 1 unspecified atom stereocenters. The van der Waals surface area contributed by atoms with Crippen molar-refractivity contribution < 1.29 is 4.74 Å². The average molecular weight is 279 g/mol. The first kappa shape index (κ1) is 11.6. The number of hydrogen-bond acceptors (Lipinski definition) is 1. The van der Waals surface area contributed by atoms with E-state index in [0.29, 0.717) is 0 Å². The van der Waals surface area contributed by atoms with Crippen LogP contribution in [0.4, 0.5) is 0 Å². The van der Waals surface area contributed by atoms with Crippen LogP contribution in [0.15, 0.2) is 40.9 Å². The van der Waals surface area contributed by atoms with Gasteiger partial charge in [-0.2, -0.15) is 0 Å². The van der Waals surface area contributed by atoms with E-state index in [2.05, 4.69) is 59.3 Å². The van der Waals surface area contributed by atoms with Crippen molar-refractivity contribution >= 4 is 26.7 Å². The molecule has 16 heavy (non-hydrogen) atoms. The lowest BCUT2D eigenvalue weighted by molar-refractivity contribution is 0.101. The van der Waals surface area contributed by atoms with Gasteiger partial charge in [0.1, 0.15) is 0 Å². The topological polar surface area (TPSA) is 9.23 Å². The first-order valence-electron chi connectivity index (χ1n) is 5.47. The number of fused-ring (bicyclic) bond motifs is 1. The van der Waals surface area contributed by atoms with Gasteiger partial charge in [-0.3, -0.25) is 0 Å². The number of ether oxygens (including phenoxy) is 1. The third-order valence-corrected chi connectivity index (χ3v) is 3.60. The number of rotatable bonds is 3. The van der Waals surface area contributed by atoms with Crippen LogP contribution >= 0.6 is 15.9 Å². The molecule has 0 aliphatic heterocycles. The SMILES string of the molecule is CCC(OC)c1ccc(Br)c2ccccc12. The summed E-state index contributed by atoms with van der Waals surface area (Å²) in [6.07, 6.45) is 1.17. The lowest BCUT2D eigenvalue weighted by atomic mass is 9.99. The van der Waals surface area contributed by atoms with Crippen LogP contribution in [0, 0.1) is 0 Å². The molecule has 0 radical (unpaired) electrons. The molecule has 0 bridgehead atoms. The van der Waals surface area contributed by atoms with Gasteiger partial charge in [-0.25, -0.2) is 0 Å². The Labute approximate surface area is 105 Å². The Morgan fingerprint density at radius 1 is 1.12 bits per heavy atom. The van der Waals surface area contributed by atoms with Crippen molar-refractivity contribution in [3.8, 4) is 0 Å². The third kappa shape index (κ3) is 2.00. The third-order valence-electron chi connectivity index (χ3n) is 2.91. The van der Waals surface area contributed by atoms with Crippen LogP contribution in [0.5, 0.6) is 0 Å². The summed E-state index contributed by atoms with van der Waals surface area (Å²) in [7, 11) is 1.77. The highest BCUT2D eigenvalue weighted by Crippen LogP contribution is 2.32. The van der Waals surface area contributed by atoms with Crippen molar-refractivity contribution in [2.75, 3.05) is 7.11 Å². The van der Waals surface area contributed by atoms with Gasteiger partial charge in [-0.15, -0.1) is 0 Å². The van der Waals surface area contributed by atoms with Crippen LogP contribution < -0.4 is 0 Å². The fourth-order valence-electron chi connectivity index (χ4n) is 2.08. The molecular formula is C14H15BrO. The summed E-state index contributed by atoms with van der Waals surface area (Å²) in [5, 5.41) is 2.51. The number of benzene rings is 2. The van der Waals surface area contributed by atoms with Crippen LogP contribution in [-0.2, 0) is 4.74 Å². The summed E-state index contributed by atoms with van der Waals surface area (Å²) >= 11 is 3.58. The maximum absolute atomic E-state index is 5.52. The molecule has 0 saturated heterocycles. The molecule has 0 aliphatic carbocycles. The summed E-state index contributed by atoms with van der Waals surface area (Å²) in [6, 6.07) is 12.6. The van der Waals surface area contributed by atoms with E-state index in [1.54, 1.807) is 7.11 Å². The first-order valence-corrected chi connectivity index (χ1v) is 6.27. The van der Waals surface area contributed by atoms with E-state index in [4.69, 9.17) is 4.74 Å². The molecule has 1 nitrogen and oxygen atoms in total.